The summed E-state index contributed by atoms with van der Waals surface area (Å²) in [5, 5.41) is 0. The van der Waals surface area contributed by atoms with Crippen LogP contribution in [0.1, 0.15) is 6.92 Å². The fraction of sp³-hybridized carbons (Fsp3) is 0.200. The van der Waals surface area contributed by atoms with E-state index in [4.69, 9.17) is 0 Å². The largest absolute Gasteiger partial charge is 0.477 e. The Balaban J connectivity index is 2.73. The normalized spacial score (nSPS) is 9.95. The van der Waals surface area contributed by atoms with Gasteiger partial charge in [-0.05, 0) is 0 Å². The molecule has 0 fully saturated rings. The maximum atomic E-state index is 13.1. The van der Waals surface area contributed by atoms with E-state index >= 15 is 0 Å². The van der Waals surface area contributed by atoms with Crippen LogP contribution in [0.15, 0.2) is 6.07 Å². The highest BCUT2D eigenvalue weighted by Crippen LogP contribution is 2.26. The van der Waals surface area contributed by atoms with Crippen LogP contribution in [0.25, 0.3) is 0 Å². The lowest BCUT2D eigenvalue weighted by molar-refractivity contribution is -0.129. The van der Waals surface area contributed by atoms with Gasteiger partial charge in [-0.2, -0.15) is 8.78 Å². The van der Waals surface area contributed by atoms with Crippen molar-refractivity contribution in [3.8, 4) is 5.75 Å². The molecule has 0 spiro atoms. The predicted octanol–water partition coefficient (Wildman–Crippen LogP) is 0.789. The monoisotopic (exact) mass is 280 g/mol. The number of halogens is 4. The molecule has 0 heterocycles. The Hall–Kier alpha value is -2.32. The first-order chi connectivity index (χ1) is 8.82. The summed E-state index contributed by atoms with van der Waals surface area (Å²) in [7, 11) is 0. The molecule has 2 N–H and O–H groups in total. The molecular formula is C10H8F4N2O3. The topological polar surface area (TPSA) is 67.4 Å². The summed E-state index contributed by atoms with van der Waals surface area (Å²) < 4.78 is 56.1. The number of carbonyl (C=O) groups excluding carboxylic acids is 2. The number of hydrogen-bond donors (Lipinski definition) is 2. The van der Waals surface area contributed by atoms with E-state index in [-0.39, 0.29) is 6.07 Å². The summed E-state index contributed by atoms with van der Waals surface area (Å²) >= 11 is 0. The van der Waals surface area contributed by atoms with Crippen LogP contribution in [0.2, 0.25) is 0 Å². The van der Waals surface area contributed by atoms with Gasteiger partial charge in [-0.15, -0.1) is 0 Å². The molecule has 0 saturated carbocycles. The molecule has 0 aliphatic heterocycles. The molecule has 104 valence electrons. The second kappa shape index (κ2) is 6.03. The van der Waals surface area contributed by atoms with Gasteiger partial charge in [-0.1, -0.05) is 0 Å². The van der Waals surface area contributed by atoms with Gasteiger partial charge in [0.2, 0.25) is 17.5 Å². The molecule has 0 bridgehead atoms. The Morgan fingerprint density at radius 2 is 1.63 bits per heavy atom. The zero-order valence-corrected chi connectivity index (χ0v) is 9.52. The summed E-state index contributed by atoms with van der Waals surface area (Å²) in [4.78, 5) is 21.5. The van der Waals surface area contributed by atoms with Crippen molar-refractivity contribution in [2.75, 3.05) is 6.61 Å². The molecule has 0 unspecified atom stereocenters. The second-order valence-corrected chi connectivity index (χ2v) is 3.32. The van der Waals surface area contributed by atoms with Crippen LogP contribution in [-0.2, 0) is 9.59 Å². The van der Waals surface area contributed by atoms with Crippen LogP contribution >= 0.6 is 0 Å². The van der Waals surface area contributed by atoms with Crippen molar-refractivity contribution in [2.45, 2.75) is 6.92 Å². The van der Waals surface area contributed by atoms with E-state index in [1.165, 1.54) is 0 Å². The Bertz CT molecular complexity index is 496. The van der Waals surface area contributed by atoms with Crippen molar-refractivity contribution in [1.29, 1.82) is 0 Å². The minimum atomic E-state index is -1.76. The third-order valence-electron chi connectivity index (χ3n) is 1.80. The number of rotatable bonds is 3. The Morgan fingerprint density at radius 1 is 1.11 bits per heavy atom. The predicted molar refractivity (Wildman–Crippen MR) is 53.7 cm³/mol. The van der Waals surface area contributed by atoms with Gasteiger partial charge < -0.3 is 4.74 Å². The lowest BCUT2D eigenvalue weighted by atomic mass is 10.3. The summed E-state index contributed by atoms with van der Waals surface area (Å²) in [6, 6.07) is 0.00883. The van der Waals surface area contributed by atoms with Crippen LogP contribution in [0, 0.1) is 23.3 Å². The molecule has 1 aromatic carbocycles. The molecule has 0 atom stereocenters. The molecular weight excluding hydrogens is 272 g/mol. The van der Waals surface area contributed by atoms with Crippen molar-refractivity contribution in [3.63, 3.8) is 0 Å². The van der Waals surface area contributed by atoms with E-state index in [0.29, 0.717) is 0 Å². The molecule has 1 aromatic rings. The van der Waals surface area contributed by atoms with Crippen molar-refractivity contribution < 1.29 is 31.9 Å². The van der Waals surface area contributed by atoms with Gasteiger partial charge in [0.25, 0.3) is 5.91 Å². The van der Waals surface area contributed by atoms with E-state index in [9.17, 15) is 27.2 Å². The molecule has 0 radical (unpaired) electrons. The van der Waals surface area contributed by atoms with Crippen molar-refractivity contribution in [2.24, 2.45) is 0 Å². The van der Waals surface area contributed by atoms with Crippen LogP contribution < -0.4 is 15.6 Å². The highest BCUT2D eigenvalue weighted by molar-refractivity contribution is 5.81. The van der Waals surface area contributed by atoms with E-state index < -0.39 is 47.4 Å². The minimum absolute atomic E-state index is 0.00883. The Labute approximate surface area is 104 Å². The van der Waals surface area contributed by atoms with Gasteiger partial charge >= 0.3 is 0 Å². The SMILES string of the molecule is CC(=O)NNC(=O)COc1c(F)c(F)cc(F)c1F. The standard InChI is InChI=1S/C10H8F4N2O3/c1-4(17)15-16-7(18)3-19-10-8(13)5(11)2-6(12)9(10)14/h2H,3H2,1H3,(H,15,17)(H,16,18). The average Bonchev–Trinajstić information content (AvgIpc) is 2.34. The summed E-state index contributed by atoms with van der Waals surface area (Å²) in [6.07, 6.45) is 0. The molecule has 2 amide bonds. The Kier molecular flexibility index (Phi) is 4.67. The van der Waals surface area contributed by atoms with E-state index in [2.05, 4.69) is 4.74 Å². The van der Waals surface area contributed by atoms with Crippen molar-refractivity contribution in [1.82, 2.24) is 10.9 Å². The van der Waals surface area contributed by atoms with Crippen LogP contribution in [0.5, 0.6) is 5.75 Å². The third-order valence-corrected chi connectivity index (χ3v) is 1.80. The quantitative estimate of drug-likeness (QED) is 0.488. The smallest absolute Gasteiger partial charge is 0.276 e. The molecule has 0 aliphatic rings. The second-order valence-electron chi connectivity index (χ2n) is 3.32. The minimum Gasteiger partial charge on any atom is -0.477 e. The van der Waals surface area contributed by atoms with E-state index in [1.54, 1.807) is 0 Å². The van der Waals surface area contributed by atoms with Gasteiger partial charge in [-0.25, -0.2) is 8.78 Å². The van der Waals surface area contributed by atoms with E-state index in [0.717, 1.165) is 6.92 Å². The molecule has 19 heavy (non-hydrogen) atoms. The molecule has 0 aliphatic carbocycles. The first kappa shape index (κ1) is 14.7. The van der Waals surface area contributed by atoms with Gasteiger partial charge in [-0.3, -0.25) is 20.4 Å². The zero-order valence-electron chi connectivity index (χ0n) is 9.52. The number of ether oxygens (including phenoxy) is 1. The molecule has 0 aromatic heterocycles. The Morgan fingerprint density at radius 3 is 2.11 bits per heavy atom. The fourth-order valence-electron chi connectivity index (χ4n) is 1.01. The number of amides is 2. The number of hydrogen-bond acceptors (Lipinski definition) is 3. The van der Waals surface area contributed by atoms with Gasteiger partial charge in [0.15, 0.2) is 24.0 Å². The first-order valence-corrected chi connectivity index (χ1v) is 4.84. The number of hydrazine groups is 1. The van der Waals surface area contributed by atoms with Crippen LogP contribution in [0.4, 0.5) is 17.6 Å². The molecule has 5 nitrogen and oxygen atoms in total. The lowest BCUT2D eigenvalue weighted by Gasteiger charge is -2.09. The maximum Gasteiger partial charge on any atom is 0.276 e. The number of benzene rings is 1. The average molecular weight is 280 g/mol. The van der Waals surface area contributed by atoms with Crippen LogP contribution in [-0.4, -0.2) is 18.4 Å². The summed E-state index contributed by atoms with van der Waals surface area (Å²) in [6.45, 7) is 0.152. The first-order valence-electron chi connectivity index (χ1n) is 4.84. The van der Waals surface area contributed by atoms with Crippen LogP contribution in [0.3, 0.4) is 0 Å². The number of nitrogens with one attached hydrogen (secondary N) is 2. The summed E-state index contributed by atoms with van der Waals surface area (Å²) in [5.41, 5.74) is 3.70. The fourth-order valence-corrected chi connectivity index (χ4v) is 1.01. The van der Waals surface area contributed by atoms with Crippen molar-refractivity contribution >= 4 is 11.8 Å². The lowest BCUT2D eigenvalue weighted by Crippen LogP contribution is -2.42. The van der Waals surface area contributed by atoms with Gasteiger partial charge in [0, 0.05) is 13.0 Å². The number of carbonyl (C=O) groups is 2. The molecule has 0 saturated heterocycles. The maximum absolute atomic E-state index is 13.1. The van der Waals surface area contributed by atoms with Gasteiger partial charge in [0.05, 0.1) is 0 Å². The molecule has 9 heteroatoms. The zero-order chi connectivity index (χ0) is 14.6. The van der Waals surface area contributed by atoms with E-state index in [1.807, 2.05) is 10.9 Å². The van der Waals surface area contributed by atoms with Gasteiger partial charge in [0.1, 0.15) is 0 Å². The third kappa shape index (κ3) is 3.83. The highest BCUT2D eigenvalue weighted by Gasteiger charge is 2.21. The summed E-state index contributed by atoms with van der Waals surface area (Å²) in [5.74, 6) is -9.75. The molecule has 1 rings (SSSR count). The van der Waals surface area contributed by atoms with Crippen molar-refractivity contribution in [3.05, 3.63) is 29.3 Å². The highest BCUT2D eigenvalue weighted by atomic mass is 19.2.